The molecule has 0 aliphatic heterocycles. The Balaban J connectivity index is 2.03. The van der Waals surface area contributed by atoms with Gasteiger partial charge >= 0.3 is 0 Å². The van der Waals surface area contributed by atoms with E-state index < -0.39 is 0 Å². The molecule has 0 fully saturated rings. The molecule has 0 aliphatic rings. The summed E-state index contributed by atoms with van der Waals surface area (Å²) in [5, 5.41) is 6.39. The minimum absolute atomic E-state index is 0.00121. The Morgan fingerprint density at radius 2 is 1.81 bits per heavy atom. The number of benzene rings is 2. The second kappa shape index (κ2) is 9.97. The van der Waals surface area contributed by atoms with E-state index in [0.717, 1.165) is 15.6 Å². The second-order valence-corrected chi connectivity index (χ2v) is 7.19. The molecule has 26 heavy (non-hydrogen) atoms. The van der Waals surface area contributed by atoms with Crippen LogP contribution in [0.3, 0.4) is 0 Å². The van der Waals surface area contributed by atoms with Gasteiger partial charge in [0.2, 0.25) is 5.91 Å². The summed E-state index contributed by atoms with van der Waals surface area (Å²) in [5.74, 6) is 0.614. The van der Waals surface area contributed by atoms with Crippen LogP contribution >= 0.6 is 15.9 Å². The van der Waals surface area contributed by atoms with Crippen LogP contribution in [-0.4, -0.2) is 37.4 Å². The van der Waals surface area contributed by atoms with Crippen molar-refractivity contribution in [2.24, 2.45) is 4.99 Å². The van der Waals surface area contributed by atoms with Crippen LogP contribution in [0.2, 0.25) is 0 Å². The molecule has 0 radical (unpaired) electrons. The first-order valence-electron chi connectivity index (χ1n) is 8.46. The molecule has 0 unspecified atom stereocenters. The number of hydrogen-bond acceptors (Lipinski definition) is 2. The van der Waals surface area contributed by atoms with Crippen LogP contribution in [0.4, 0.5) is 0 Å². The molecule has 1 amide bonds. The molecular formula is C20H25BrN4O. The van der Waals surface area contributed by atoms with Gasteiger partial charge in [0.05, 0.1) is 13.1 Å². The van der Waals surface area contributed by atoms with Crippen molar-refractivity contribution in [1.29, 1.82) is 0 Å². The molecule has 0 aliphatic carbocycles. The Hall–Kier alpha value is -2.34. The number of rotatable bonds is 6. The number of nitrogens with one attached hydrogen (secondary N) is 2. The first-order valence-corrected chi connectivity index (χ1v) is 9.25. The summed E-state index contributed by atoms with van der Waals surface area (Å²) in [7, 11) is 3.48. The molecule has 2 N–H and O–H groups in total. The van der Waals surface area contributed by atoms with Crippen molar-refractivity contribution in [1.82, 2.24) is 15.5 Å². The molecule has 0 saturated heterocycles. The summed E-state index contributed by atoms with van der Waals surface area (Å²) in [5.41, 5.74) is 3.48. The van der Waals surface area contributed by atoms with Gasteiger partial charge < -0.3 is 15.5 Å². The molecule has 2 rings (SSSR count). The highest BCUT2D eigenvalue weighted by Gasteiger charge is 2.06. The van der Waals surface area contributed by atoms with Crippen LogP contribution in [0.15, 0.2) is 58.0 Å². The summed E-state index contributed by atoms with van der Waals surface area (Å²) in [6.07, 6.45) is 0. The highest BCUT2D eigenvalue weighted by atomic mass is 79.9. The molecule has 0 spiro atoms. The fraction of sp³-hybridized carbons (Fsp3) is 0.300. The highest BCUT2D eigenvalue weighted by molar-refractivity contribution is 9.10. The van der Waals surface area contributed by atoms with Crippen molar-refractivity contribution in [2.75, 3.05) is 20.6 Å². The average molecular weight is 417 g/mol. The normalized spacial score (nSPS) is 11.2. The summed E-state index contributed by atoms with van der Waals surface area (Å²) < 4.78 is 1.05. The lowest BCUT2D eigenvalue weighted by Crippen LogP contribution is -2.42. The molecule has 0 atom stereocenters. The van der Waals surface area contributed by atoms with Gasteiger partial charge in [0.25, 0.3) is 0 Å². The zero-order valence-electron chi connectivity index (χ0n) is 15.4. The van der Waals surface area contributed by atoms with E-state index in [-0.39, 0.29) is 12.5 Å². The lowest BCUT2D eigenvalue weighted by molar-refractivity contribution is -0.127. The third-order valence-corrected chi connectivity index (χ3v) is 4.31. The predicted octanol–water partition coefficient (Wildman–Crippen LogP) is 3.08. The third-order valence-electron chi connectivity index (χ3n) is 3.78. The van der Waals surface area contributed by atoms with Crippen molar-refractivity contribution in [3.63, 3.8) is 0 Å². The number of aliphatic imine (C=N–C) groups is 1. The van der Waals surface area contributed by atoms with Crippen molar-refractivity contribution in [3.05, 3.63) is 69.7 Å². The van der Waals surface area contributed by atoms with Crippen LogP contribution in [-0.2, 0) is 17.9 Å². The van der Waals surface area contributed by atoms with E-state index in [1.807, 2.05) is 36.4 Å². The van der Waals surface area contributed by atoms with Crippen LogP contribution in [0, 0.1) is 6.92 Å². The summed E-state index contributed by atoms with van der Waals surface area (Å²) >= 11 is 3.44. The quantitative estimate of drug-likeness (QED) is 0.561. The lowest BCUT2D eigenvalue weighted by Gasteiger charge is -2.15. The topological polar surface area (TPSA) is 56.7 Å². The van der Waals surface area contributed by atoms with Crippen LogP contribution in [0.5, 0.6) is 0 Å². The van der Waals surface area contributed by atoms with Crippen molar-refractivity contribution < 1.29 is 4.79 Å². The van der Waals surface area contributed by atoms with Gasteiger partial charge in [-0.3, -0.25) is 4.79 Å². The van der Waals surface area contributed by atoms with Crippen LogP contribution in [0.1, 0.15) is 16.7 Å². The molecule has 0 heterocycles. The van der Waals surface area contributed by atoms with Gasteiger partial charge in [-0.1, -0.05) is 57.9 Å². The van der Waals surface area contributed by atoms with Crippen molar-refractivity contribution in [3.8, 4) is 0 Å². The Kier molecular flexibility index (Phi) is 7.66. The number of aryl methyl sites for hydroxylation is 1. The first-order chi connectivity index (χ1) is 12.4. The number of carbonyl (C=O) groups excluding carboxylic acids is 1. The fourth-order valence-corrected chi connectivity index (χ4v) is 2.52. The Labute approximate surface area is 163 Å². The Morgan fingerprint density at radius 3 is 2.46 bits per heavy atom. The molecule has 2 aromatic rings. The highest BCUT2D eigenvalue weighted by Crippen LogP contribution is 2.10. The maximum Gasteiger partial charge on any atom is 0.241 e. The number of likely N-dealkylation sites (N-methyl/N-ethyl adjacent to an activating group) is 1. The predicted molar refractivity (Wildman–Crippen MR) is 110 cm³/mol. The summed E-state index contributed by atoms with van der Waals surface area (Å²) in [6, 6.07) is 16.3. The largest absolute Gasteiger partial charge is 0.352 e. The number of guanidine groups is 1. The molecule has 0 saturated carbocycles. The second-order valence-electron chi connectivity index (χ2n) is 6.28. The maximum atomic E-state index is 11.9. The van der Waals surface area contributed by atoms with E-state index in [2.05, 4.69) is 50.6 Å². The number of halogens is 1. The molecule has 0 bridgehead atoms. The number of hydrogen-bond donors (Lipinski definition) is 2. The van der Waals surface area contributed by atoms with Crippen LogP contribution in [0.25, 0.3) is 0 Å². The minimum atomic E-state index is -0.00121. The first kappa shape index (κ1) is 20.0. The number of amides is 1. The van der Waals surface area contributed by atoms with Gasteiger partial charge in [0, 0.05) is 25.1 Å². The monoisotopic (exact) mass is 416 g/mol. The van der Waals surface area contributed by atoms with E-state index in [4.69, 9.17) is 0 Å². The van der Waals surface area contributed by atoms with Crippen LogP contribution < -0.4 is 10.6 Å². The van der Waals surface area contributed by atoms with E-state index in [1.165, 1.54) is 5.56 Å². The van der Waals surface area contributed by atoms with Gasteiger partial charge in [-0.05, 0) is 30.2 Å². The van der Waals surface area contributed by atoms with E-state index >= 15 is 0 Å². The molecule has 0 aromatic heterocycles. The molecule has 6 heteroatoms. The van der Waals surface area contributed by atoms with Gasteiger partial charge in [0.15, 0.2) is 5.96 Å². The van der Waals surface area contributed by atoms with Gasteiger partial charge in [-0.2, -0.15) is 0 Å². The third kappa shape index (κ3) is 6.88. The van der Waals surface area contributed by atoms with Crippen molar-refractivity contribution in [2.45, 2.75) is 20.0 Å². The number of carbonyl (C=O) groups is 1. The SMILES string of the molecule is Cc1cccc(CN=C(NCC(=O)N(C)C)NCc2ccc(Br)cc2)c1. The Morgan fingerprint density at radius 1 is 1.08 bits per heavy atom. The number of nitrogens with zero attached hydrogens (tertiary/aromatic N) is 2. The summed E-state index contributed by atoms with van der Waals surface area (Å²) in [6.45, 7) is 3.44. The zero-order chi connectivity index (χ0) is 18.9. The average Bonchev–Trinajstić information content (AvgIpc) is 2.62. The molecule has 2 aromatic carbocycles. The standard InChI is InChI=1S/C20H25BrN4O/c1-15-5-4-6-17(11-15)13-23-20(24-14-19(26)25(2)3)22-12-16-7-9-18(21)10-8-16/h4-11H,12-14H2,1-3H3,(H2,22,23,24). The maximum absolute atomic E-state index is 11.9. The molecule has 5 nitrogen and oxygen atoms in total. The van der Waals surface area contributed by atoms with E-state index in [9.17, 15) is 4.79 Å². The van der Waals surface area contributed by atoms with E-state index in [1.54, 1.807) is 19.0 Å². The molecule has 138 valence electrons. The van der Waals surface area contributed by atoms with Crippen molar-refractivity contribution >= 4 is 27.8 Å². The van der Waals surface area contributed by atoms with E-state index in [0.29, 0.717) is 19.0 Å². The lowest BCUT2D eigenvalue weighted by atomic mass is 10.1. The summed E-state index contributed by atoms with van der Waals surface area (Å²) in [4.78, 5) is 18.0. The fourth-order valence-electron chi connectivity index (χ4n) is 2.26. The van der Waals surface area contributed by atoms with Gasteiger partial charge in [-0.15, -0.1) is 0 Å². The smallest absolute Gasteiger partial charge is 0.241 e. The zero-order valence-corrected chi connectivity index (χ0v) is 17.0. The van der Waals surface area contributed by atoms with Gasteiger partial charge in [0.1, 0.15) is 0 Å². The Bertz CT molecular complexity index is 757. The van der Waals surface area contributed by atoms with Gasteiger partial charge in [-0.25, -0.2) is 4.99 Å². The molecular weight excluding hydrogens is 392 g/mol. The minimum Gasteiger partial charge on any atom is -0.352 e.